The van der Waals surface area contributed by atoms with Crippen LogP contribution in [-0.2, 0) is 5.75 Å². The number of aromatic carboxylic acids is 1. The van der Waals surface area contributed by atoms with E-state index in [1.807, 2.05) is 4.98 Å². The number of H-pyrrole nitrogens is 2. The van der Waals surface area contributed by atoms with Crippen molar-refractivity contribution in [2.45, 2.75) is 10.8 Å². The molecule has 0 saturated heterocycles. The fourth-order valence-corrected chi connectivity index (χ4v) is 1.87. The van der Waals surface area contributed by atoms with Crippen LogP contribution in [0.3, 0.4) is 0 Å². The summed E-state index contributed by atoms with van der Waals surface area (Å²) in [5, 5.41) is 14.4. The summed E-state index contributed by atoms with van der Waals surface area (Å²) in [6.07, 6.45) is 0. The summed E-state index contributed by atoms with van der Waals surface area (Å²) in [7, 11) is 0. The van der Waals surface area contributed by atoms with Crippen molar-refractivity contribution >= 4 is 17.7 Å². The van der Waals surface area contributed by atoms with Gasteiger partial charge in [0.15, 0.2) is 5.03 Å². The number of aromatic amines is 2. The lowest BCUT2D eigenvalue weighted by molar-refractivity contribution is 0.0661. The molecule has 0 fully saturated rings. The molecule has 0 saturated carbocycles. The lowest BCUT2D eigenvalue weighted by Crippen LogP contribution is -2.24. The zero-order valence-electron chi connectivity index (χ0n) is 8.80. The van der Waals surface area contributed by atoms with Crippen LogP contribution in [0.1, 0.15) is 16.3 Å². The summed E-state index contributed by atoms with van der Waals surface area (Å²) in [4.78, 5) is 34.6. The van der Waals surface area contributed by atoms with Gasteiger partial charge in [-0.25, -0.2) is 14.7 Å². The number of aromatic nitrogens is 3. The maximum atomic E-state index is 11.3. The number of nitrogens with zero attached hydrogens (tertiary/aromatic N) is 1. The van der Waals surface area contributed by atoms with Gasteiger partial charge in [0.25, 0.3) is 5.56 Å². The van der Waals surface area contributed by atoms with Crippen LogP contribution in [0.5, 0.6) is 0 Å². The van der Waals surface area contributed by atoms with Crippen molar-refractivity contribution in [1.82, 2.24) is 15.2 Å². The first kappa shape index (κ1) is 12.2. The fraction of sp³-hybridized carbons (Fsp3) is 0.111. The molecule has 18 heavy (non-hydrogen) atoms. The maximum Gasteiger partial charge on any atom is 0.371 e. The highest BCUT2D eigenvalue weighted by Gasteiger charge is 2.10. The van der Waals surface area contributed by atoms with Crippen LogP contribution in [0.15, 0.2) is 31.2 Å². The average Bonchev–Trinajstić information content (AvgIpc) is 2.76. The van der Waals surface area contributed by atoms with E-state index in [4.69, 9.17) is 9.52 Å². The molecule has 9 heteroatoms. The minimum Gasteiger partial charge on any atom is -0.475 e. The number of furan rings is 1. The Hall–Kier alpha value is -2.29. The highest BCUT2D eigenvalue weighted by Crippen LogP contribution is 2.18. The third-order valence-corrected chi connectivity index (χ3v) is 2.88. The molecule has 0 aliphatic rings. The van der Waals surface area contributed by atoms with E-state index in [1.165, 1.54) is 12.1 Å². The number of rotatable bonds is 4. The van der Waals surface area contributed by atoms with Crippen molar-refractivity contribution in [2.24, 2.45) is 0 Å². The first-order valence-corrected chi connectivity index (χ1v) is 5.68. The molecule has 0 aromatic carbocycles. The molecule has 0 unspecified atom stereocenters. The monoisotopic (exact) mass is 269 g/mol. The summed E-state index contributed by atoms with van der Waals surface area (Å²) < 4.78 is 5.00. The number of carboxylic acid groups (broad SMARTS) is 1. The van der Waals surface area contributed by atoms with E-state index in [0.29, 0.717) is 5.76 Å². The minimum atomic E-state index is -1.16. The highest BCUT2D eigenvalue weighted by molar-refractivity contribution is 7.98. The molecule has 2 heterocycles. The van der Waals surface area contributed by atoms with Gasteiger partial charge in [0.2, 0.25) is 5.76 Å². The zero-order chi connectivity index (χ0) is 13.1. The van der Waals surface area contributed by atoms with Crippen molar-refractivity contribution < 1.29 is 14.3 Å². The van der Waals surface area contributed by atoms with Crippen LogP contribution in [0.4, 0.5) is 0 Å². The van der Waals surface area contributed by atoms with Crippen molar-refractivity contribution in [3.63, 3.8) is 0 Å². The molecule has 0 aliphatic carbocycles. The molecule has 0 amide bonds. The van der Waals surface area contributed by atoms with Gasteiger partial charge >= 0.3 is 11.7 Å². The average molecular weight is 269 g/mol. The lowest BCUT2D eigenvalue weighted by Gasteiger charge is -1.95. The van der Waals surface area contributed by atoms with Crippen LogP contribution in [-0.4, -0.2) is 26.3 Å². The van der Waals surface area contributed by atoms with Crippen LogP contribution in [0.25, 0.3) is 0 Å². The van der Waals surface area contributed by atoms with E-state index in [2.05, 4.69) is 10.2 Å². The number of carboxylic acids is 1. The van der Waals surface area contributed by atoms with Gasteiger partial charge in [-0.15, -0.1) is 0 Å². The Balaban J connectivity index is 2.09. The molecule has 0 atom stereocenters. The molecule has 0 bridgehead atoms. The number of hydrogen-bond acceptors (Lipinski definition) is 6. The van der Waals surface area contributed by atoms with Crippen LogP contribution in [0.2, 0.25) is 0 Å². The summed E-state index contributed by atoms with van der Waals surface area (Å²) in [6.45, 7) is 0. The quantitative estimate of drug-likeness (QED) is 0.668. The third-order valence-electron chi connectivity index (χ3n) is 1.90. The Labute approximate surface area is 103 Å². The number of thioether (sulfide) groups is 1. The standard InChI is InChI=1S/C9H7N3O5S/c13-6-7(11-12-9(16)10-6)18-3-4-1-2-5(17-4)8(14)15/h1-2H,3H2,(H,14,15)(H2,10,12,13,16). The van der Waals surface area contributed by atoms with Gasteiger partial charge < -0.3 is 9.52 Å². The molecular formula is C9H7N3O5S. The van der Waals surface area contributed by atoms with Crippen molar-refractivity contribution in [3.8, 4) is 0 Å². The van der Waals surface area contributed by atoms with Gasteiger partial charge in [-0.1, -0.05) is 11.8 Å². The largest absolute Gasteiger partial charge is 0.475 e. The summed E-state index contributed by atoms with van der Waals surface area (Å²) in [5.74, 6) is -0.708. The predicted molar refractivity (Wildman–Crippen MR) is 60.7 cm³/mol. The Morgan fingerprint density at radius 1 is 1.44 bits per heavy atom. The Kier molecular flexibility index (Phi) is 3.33. The van der Waals surface area contributed by atoms with Crippen LogP contribution in [0, 0.1) is 0 Å². The van der Waals surface area contributed by atoms with E-state index < -0.39 is 17.2 Å². The van der Waals surface area contributed by atoms with E-state index in [-0.39, 0.29) is 16.5 Å². The van der Waals surface area contributed by atoms with E-state index in [0.717, 1.165) is 11.8 Å². The zero-order valence-corrected chi connectivity index (χ0v) is 9.61. The predicted octanol–water partition coefficient (Wildman–Crippen LogP) is 0.0417. The number of nitrogens with one attached hydrogen (secondary N) is 2. The van der Waals surface area contributed by atoms with Crippen molar-refractivity contribution in [2.75, 3.05) is 0 Å². The van der Waals surface area contributed by atoms with E-state index in [1.54, 1.807) is 0 Å². The molecule has 8 nitrogen and oxygen atoms in total. The summed E-state index contributed by atoms with van der Waals surface area (Å²) >= 11 is 1.02. The molecule has 0 aliphatic heterocycles. The Bertz CT molecular complexity index is 686. The SMILES string of the molecule is O=C(O)c1ccc(CSc2n[nH]c(=O)[nH]c2=O)o1. The smallest absolute Gasteiger partial charge is 0.371 e. The number of hydrogen-bond donors (Lipinski definition) is 3. The van der Waals surface area contributed by atoms with Gasteiger partial charge in [-0.05, 0) is 12.1 Å². The first-order chi connectivity index (χ1) is 8.56. The second-order valence-electron chi connectivity index (χ2n) is 3.17. The normalized spacial score (nSPS) is 10.4. The van der Waals surface area contributed by atoms with Crippen molar-refractivity contribution in [1.29, 1.82) is 0 Å². The second-order valence-corrected chi connectivity index (χ2v) is 4.14. The highest BCUT2D eigenvalue weighted by atomic mass is 32.2. The van der Waals surface area contributed by atoms with Gasteiger partial charge in [-0.2, -0.15) is 5.10 Å². The molecule has 2 rings (SSSR count). The molecule has 2 aromatic heterocycles. The fourth-order valence-electron chi connectivity index (χ4n) is 1.14. The first-order valence-electron chi connectivity index (χ1n) is 4.70. The van der Waals surface area contributed by atoms with Crippen molar-refractivity contribution in [3.05, 3.63) is 44.5 Å². The maximum absolute atomic E-state index is 11.3. The molecule has 3 N–H and O–H groups in total. The van der Waals surface area contributed by atoms with E-state index >= 15 is 0 Å². The molecule has 94 valence electrons. The molecule has 2 aromatic rings. The molecule has 0 spiro atoms. The van der Waals surface area contributed by atoms with Crippen LogP contribution < -0.4 is 11.2 Å². The molecule has 0 radical (unpaired) electrons. The third kappa shape index (κ3) is 2.69. The van der Waals surface area contributed by atoms with Gasteiger partial charge in [0.1, 0.15) is 5.76 Å². The number of carbonyl (C=O) groups is 1. The van der Waals surface area contributed by atoms with Gasteiger partial charge in [-0.3, -0.25) is 9.78 Å². The van der Waals surface area contributed by atoms with E-state index in [9.17, 15) is 14.4 Å². The molecular weight excluding hydrogens is 262 g/mol. The second kappa shape index (κ2) is 4.92. The summed E-state index contributed by atoms with van der Waals surface area (Å²) in [5.41, 5.74) is -1.29. The summed E-state index contributed by atoms with van der Waals surface area (Å²) in [6, 6.07) is 2.82. The topological polar surface area (TPSA) is 129 Å². The lowest BCUT2D eigenvalue weighted by atomic mass is 10.4. The van der Waals surface area contributed by atoms with Crippen LogP contribution >= 0.6 is 11.8 Å². The Morgan fingerprint density at radius 2 is 2.22 bits per heavy atom. The van der Waals surface area contributed by atoms with Gasteiger partial charge in [0, 0.05) is 0 Å². The Morgan fingerprint density at radius 3 is 2.83 bits per heavy atom. The van der Waals surface area contributed by atoms with Gasteiger partial charge in [0.05, 0.1) is 5.75 Å². The minimum absolute atomic E-state index is 0.0721.